The van der Waals surface area contributed by atoms with Crippen LogP contribution >= 0.6 is 23.8 Å². The minimum Gasteiger partial charge on any atom is -0.331 e. The van der Waals surface area contributed by atoms with Crippen molar-refractivity contribution in [3.8, 4) is 0 Å². The van der Waals surface area contributed by atoms with E-state index in [-0.39, 0.29) is 0 Å². The Morgan fingerprint density at radius 2 is 2.00 bits per heavy atom. The van der Waals surface area contributed by atoms with Crippen molar-refractivity contribution in [2.75, 3.05) is 0 Å². The third kappa shape index (κ3) is 1.89. The Morgan fingerprint density at radius 1 is 1.31 bits per heavy atom. The van der Waals surface area contributed by atoms with Gasteiger partial charge >= 0.3 is 0 Å². The lowest BCUT2D eigenvalue weighted by Crippen LogP contribution is -2.11. The van der Waals surface area contributed by atoms with E-state index in [0.717, 1.165) is 20.8 Å². The van der Waals surface area contributed by atoms with E-state index in [2.05, 4.69) is 30.3 Å². The maximum Gasteiger partial charge on any atom is 0.178 e. The lowest BCUT2D eigenvalue weighted by atomic mass is 10.1. The first-order valence-electron chi connectivity index (χ1n) is 5.40. The van der Waals surface area contributed by atoms with Gasteiger partial charge < -0.3 is 9.55 Å². The molecule has 0 aliphatic heterocycles. The summed E-state index contributed by atoms with van der Waals surface area (Å²) >= 11 is 11.4. The smallest absolute Gasteiger partial charge is 0.178 e. The minimum absolute atomic E-state index is 0.361. The van der Waals surface area contributed by atoms with Crippen LogP contribution < -0.4 is 0 Å². The van der Waals surface area contributed by atoms with E-state index >= 15 is 0 Å². The van der Waals surface area contributed by atoms with Gasteiger partial charge in [0.25, 0.3) is 0 Å². The zero-order valence-electron chi connectivity index (χ0n) is 9.62. The van der Waals surface area contributed by atoms with Crippen molar-refractivity contribution in [3.05, 3.63) is 28.0 Å². The number of halogens is 1. The molecule has 1 heterocycles. The third-order valence-corrected chi connectivity index (χ3v) is 3.59. The van der Waals surface area contributed by atoms with E-state index < -0.39 is 0 Å². The second kappa shape index (κ2) is 4.22. The van der Waals surface area contributed by atoms with Crippen molar-refractivity contribution in [1.82, 2.24) is 9.55 Å². The second-order valence-corrected chi connectivity index (χ2v) is 5.27. The predicted octanol–water partition coefficient (Wildman–Crippen LogP) is 4.57. The highest BCUT2D eigenvalue weighted by molar-refractivity contribution is 7.71. The highest BCUT2D eigenvalue weighted by atomic mass is 35.5. The van der Waals surface area contributed by atoms with Crippen molar-refractivity contribution in [2.24, 2.45) is 5.92 Å². The minimum atomic E-state index is 0.361. The highest BCUT2D eigenvalue weighted by Gasteiger charge is 2.14. The van der Waals surface area contributed by atoms with Crippen LogP contribution in [0.25, 0.3) is 11.0 Å². The van der Waals surface area contributed by atoms with E-state index in [4.69, 9.17) is 23.8 Å². The monoisotopic (exact) mass is 254 g/mol. The van der Waals surface area contributed by atoms with Gasteiger partial charge in [-0.3, -0.25) is 0 Å². The molecule has 0 aliphatic rings. The molecular weight excluding hydrogens is 240 g/mol. The molecular formula is C12H15ClN2S. The summed E-state index contributed by atoms with van der Waals surface area (Å²) in [6.07, 6.45) is 0. The van der Waals surface area contributed by atoms with Crippen LogP contribution in [0.5, 0.6) is 0 Å². The van der Waals surface area contributed by atoms with Gasteiger partial charge in [0.1, 0.15) is 0 Å². The normalized spacial score (nSPS) is 13.6. The number of nitrogens with zero attached hydrogens (tertiary/aromatic N) is 1. The van der Waals surface area contributed by atoms with E-state index in [0.29, 0.717) is 12.0 Å². The Morgan fingerprint density at radius 3 is 2.62 bits per heavy atom. The molecule has 1 atom stereocenters. The average molecular weight is 255 g/mol. The van der Waals surface area contributed by atoms with Crippen molar-refractivity contribution in [1.29, 1.82) is 0 Å². The number of H-pyrrole nitrogens is 1. The van der Waals surface area contributed by atoms with Crippen LogP contribution in [0.2, 0.25) is 5.02 Å². The predicted molar refractivity (Wildman–Crippen MR) is 71.7 cm³/mol. The number of rotatable bonds is 2. The second-order valence-electron chi connectivity index (χ2n) is 4.45. The fourth-order valence-electron chi connectivity index (χ4n) is 1.80. The topological polar surface area (TPSA) is 20.7 Å². The summed E-state index contributed by atoms with van der Waals surface area (Å²) in [7, 11) is 0. The van der Waals surface area contributed by atoms with Crippen LogP contribution in [0.1, 0.15) is 26.8 Å². The molecule has 86 valence electrons. The van der Waals surface area contributed by atoms with Crippen molar-refractivity contribution in [2.45, 2.75) is 26.8 Å². The fraction of sp³-hybridized carbons (Fsp3) is 0.417. The van der Waals surface area contributed by atoms with E-state index in [9.17, 15) is 0 Å². The molecule has 1 aromatic carbocycles. The van der Waals surface area contributed by atoms with E-state index in [1.54, 1.807) is 0 Å². The Labute approximate surface area is 105 Å². The van der Waals surface area contributed by atoms with Crippen LogP contribution in [0.4, 0.5) is 0 Å². The largest absolute Gasteiger partial charge is 0.331 e. The molecule has 0 spiro atoms. The number of hydrogen-bond acceptors (Lipinski definition) is 1. The van der Waals surface area contributed by atoms with Gasteiger partial charge in [0.05, 0.1) is 11.0 Å². The lowest BCUT2D eigenvalue weighted by Gasteiger charge is -2.18. The first-order chi connectivity index (χ1) is 7.50. The molecule has 0 fully saturated rings. The van der Waals surface area contributed by atoms with Gasteiger partial charge in [-0.25, -0.2) is 0 Å². The standard InChI is InChI=1S/C12H15ClN2S/c1-7(2)8(3)15-11-6-9(13)4-5-10(11)14-12(15)16/h4-8H,1-3H3,(H,14,16). The summed E-state index contributed by atoms with van der Waals surface area (Å²) in [5, 5.41) is 0.742. The Hall–Kier alpha value is -0.800. The first kappa shape index (κ1) is 11.7. The summed E-state index contributed by atoms with van der Waals surface area (Å²) < 4.78 is 2.90. The van der Waals surface area contributed by atoms with Crippen LogP contribution in [-0.2, 0) is 0 Å². The molecule has 1 unspecified atom stereocenters. The maximum atomic E-state index is 6.02. The summed E-state index contributed by atoms with van der Waals surface area (Å²) in [6.45, 7) is 6.56. The molecule has 0 saturated heterocycles. The van der Waals surface area contributed by atoms with Crippen LogP contribution in [0.15, 0.2) is 18.2 Å². The van der Waals surface area contributed by atoms with Gasteiger partial charge in [-0.1, -0.05) is 25.4 Å². The lowest BCUT2D eigenvalue weighted by molar-refractivity contribution is 0.413. The molecule has 16 heavy (non-hydrogen) atoms. The Bertz CT molecular complexity index is 568. The van der Waals surface area contributed by atoms with Gasteiger partial charge in [0, 0.05) is 11.1 Å². The molecule has 1 aromatic heterocycles. The molecule has 4 heteroatoms. The maximum absolute atomic E-state index is 6.02. The quantitative estimate of drug-likeness (QED) is 0.779. The number of imidazole rings is 1. The molecule has 0 aliphatic carbocycles. The molecule has 0 saturated carbocycles. The average Bonchev–Trinajstić information content (AvgIpc) is 2.52. The third-order valence-electron chi connectivity index (χ3n) is 3.05. The van der Waals surface area contributed by atoms with Gasteiger partial charge in [-0.15, -0.1) is 0 Å². The molecule has 0 bridgehead atoms. The molecule has 2 nitrogen and oxygen atoms in total. The molecule has 1 N–H and O–H groups in total. The summed E-state index contributed by atoms with van der Waals surface area (Å²) in [5.74, 6) is 0.532. The van der Waals surface area contributed by atoms with Crippen LogP contribution in [0, 0.1) is 10.7 Å². The number of aromatic amines is 1. The first-order valence-corrected chi connectivity index (χ1v) is 6.19. The zero-order chi connectivity index (χ0) is 11.9. The molecule has 0 amide bonds. The van der Waals surface area contributed by atoms with Gasteiger partial charge in [-0.2, -0.15) is 0 Å². The van der Waals surface area contributed by atoms with Gasteiger partial charge in [0.15, 0.2) is 4.77 Å². The number of nitrogens with one attached hydrogen (secondary N) is 1. The van der Waals surface area contributed by atoms with Crippen LogP contribution in [0.3, 0.4) is 0 Å². The Balaban J connectivity index is 2.72. The van der Waals surface area contributed by atoms with Crippen molar-refractivity contribution >= 4 is 34.9 Å². The summed E-state index contributed by atoms with van der Waals surface area (Å²) in [4.78, 5) is 3.21. The van der Waals surface area contributed by atoms with Crippen LogP contribution in [-0.4, -0.2) is 9.55 Å². The Kier molecular flexibility index (Phi) is 3.08. The van der Waals surface area contributed by atoms with Crippen molar-refractivity contribution in [3.63, 3.8) is 0 Å². The molecule has 0 radical (unpaired) electrons. The van der Waals surface area contributed by atoms with Gasteiger partial charge in [-0.05, 0) is 43.3 Å². The number of fused-ring (bicyclic) bond motifs is 1. The van der Waals surface area contributed by atoms with Crippen molar-refractivity contribution < 1.29 is 0 Å². The zero-order valence-corrected chi connectivity index (χ0v) is 11.2. The number of aromatic nitrogens is 2. The van der Waals surface area contributed by atoms with Gasteiger partial charge in [0.2, 0.25) is 0 Å². The molecule has 2 aromatic rings. The molecule has 2 rings (SSSR count). The van der Waals surface area contributed by atoms with E-state index in [1.807, 2.05) is 18.2 Å². The number of hydrogen-bond donors (Lipinski definition) is 1. The summed E-state index contributed by atoms with van der Waals surface area (Å²) in [6, 6.07) is 6.17. The fourth-order valence-corrected chi connectivity index (χ4v) is 2.34. The SMILES string of the molecule is CC(C)C(C)n1c(=S)[nH]c2ccc(Cl)cc21. The van der Waals surface area contributed by atoms with E-state index in [1.165, 1.54) is 0 Å². The summed E-state index contributed by atoms with van der Waals surface area (Å²) in [5.41, 5.74) is 2.13. The highest BCUT2D eigenvalue weighted by Crippen LogP contribution is 2.26. The number of benzene rings is 1.